The van der Waals surface area contributed by atoms with Gasteiger partial charge in [0, 0.05) is 12.8 Å². The molecule has 9 nitrogen and oxygen atoms in total. The SMILES string of the molecule is CC/C=C/C/C=C/C/C=C/CCCCCCC(=O)NC(COP(=O)(O)OCC[N+](C)(C)C)C(/C=C/CCCCCCCCCCCC)OC(=O)CCCCCCCCCCCCCCC. The summed E-state index contributed by atoms with van der Waals surface area (Å²) in [5.74, 6) is -0.528. The number of carbonyl (C=O) groups excluding carboxylic acids is 2. The lowest BCUT2D eigenvalue weighted by molar-refractivity contribution is -0.870. The van der Waals surface area contributed by atoms with Crippen LogP contribution in [0.15, 0.2) is 48.6 Å². The van der Waals surface area contributed by atoms with Crippen molar-refractivity contribution in [1.82, 2.24) is 5.32 Å². The van der Waals surface area contributed by atoms with Crippen molar-refractivity contribution < 1.29 is 37.3 Å². The Morgan fingerprint density at radius 2 is 0.985 bits per heavy atom. The van der Waals surface area contributed by atoms with Crippen molar-refractivity contribution >= 4 is 19.7 Å². The molecular formula is C55H104N2O7P+. The third-order valence-electron chi connectivity index (χ3n) is 11.8. The first kappa shape index (κ1) is 63.0. The van der Waals surface area contributed by atoms with Crippen LogP contribution >= 0.6 is 7.82 Å². The van der Waals surface area contributed by atoms with Gasteiger partial charge in [-0.25, -0.2) is 4.57 Å². The molecule has 3 unspecified atom stereocenters. The minimum atomic E-state index is -4.44. The molecule has 3 atom stereocenters. The van der Waals surface area contributed by atoms with E-state index in [1.54, 1.807) is 0 Å². The molecule has 65 heavy (non-hydrogen) atoms. The number of allylic oxidation sites excluding steroid dienone is 7. The molecule has 0 aromatic rings. The van der Waals surface area contributed by atoms with Gasteiger partial charge < -0.3 is 19.4 Å². The average molecular weight is 936 g/mol. The van der Waals surface area contributed by atoms with Crippen LogP contribution in [0, 0.1) is 0 Å². The third-order valence-corrected chi connectivity index (χ3v) is 12.8. The summed E-state index contributed by atoms with van der Waals surface area (Å²) >= 11 is 0. The van der Waals surface area contributed by atoms with Gasteiger partial charge in [0.2, 0.25) is 5.91 Å². The molecule has 0 radical (unpaired) electrons. The molecule has 1 amide bonds. The quantitative estimate of drug-likeness (QED) is 0.0205. The fourth-order valence-electron chi connectivity index (χ4n) is 7.60. The number of esters is 1. The second-order valence-electron chi connectivity index (χ2n) is 19.4. The Kier molecular flexibility index (Phi) is 44.3. The zero-order valence-electron chi connectivity index (χ0n) is 43.2. The van der Waals surface area contributed by atoms with E-state index in [9.17, 15) is 19.0 Å². The van der Waals surface area contributed by atoms with Gasteiger partial charge in [-0.2, -0.15) is 0 Å². The first-order valence-corrected chi connectivity index (χ1v) is 28.5. The van der Waals surface area contributed by atoms with Crippen LogP contribution in [0.25, 0.3) is 0 Å². The lowest BCUT2D eigenvalue weighted by Crippen LogP contribution is -2.47. The Balaban J connectivity index is 5.44. The second-order valence-corrected chi connectivity index (χ2v) is 20.8. The minimum absolute atomic E-state index is 0.0361. The number of rotatable bonds is 48. The van der Waals surface area contributed by atoms with Gasteiger partial charge in [-0.15, -0.1) is 0 Å². The van der Waals surface area contributed by atoms with E-state index in [0.717, 1.165) is 89.9 Å². The predicted octanol–water partition coefficient (Wildman–Crippen LogP) is 15.8. The highest BCUT2D eigenvalue weighted by atomic mass is 31.2. The molecule has 0 bridgehead atoms. The Hall–Kier alpha value is -2.03. The number of phosphoric ester groups is 1. The number of phosphoric acid groups is 1. The summed E-state index contributed by atoms with van der Waals surface area (Å²) in [7, 11) is 1.48. The summed E-state index contributed by atoms with van der Waals surface area (Å²) in [5.41, 5.74) is 0. The number of unbranched alkanes of at least 4 members (excludes halogenated alkanes) is 26. The van der Waals surface area contributed by atoms with Crippen molar-refractivity contribution in [3.05, 3.63) is 48.6 Å². The Bertz CT molecular complexity index is 1260. The van der Waals surface area contributed by atoms with Gasteiger partial charge in [-0.05, 0) is 63.9 Å². The number of likely N-dealkylation sites (N-methyl/N-ethyl adjacent to an activating group) is 1. The summed E-state index contributed by atoms with van der Waals surface area (Å²) in [6, 6.07) is -0.855. The topological polar surface area (TPSA) is 111 Å². The van der Waals surface area contributed by atoms with Crippen LogP contribution in [0.1, 0.15) is 239 Å². The monoisotopic (exact) mass is 936 g/mol. The van der Waals surface area contributed by atoms with E-state index in [-0.39, 0.29) is 31.5 Å². The molecule has 0 aliphatic rings. The number of nitrogens with one attached hydrogen (secondary N) is 1. The van der Waals surface area contributed by atoms with E-state index < -0.39 is 20.0 Å². The van der Waals surface area contributed by atoms with E-state index in [4.69, 9.17) is 13.8 Å². The zero-order chi connectivity index (χ0) is 48.0. The number of hydrogen-bond acceptors (Lipinski definition) is 6. The van der Waals surface area contributed by atoms with E-state index >= 15 is 0 Å². The van der Waals surface area contributed by atoms with Crippen LogP contribution in [0.2, 0.25) is 0 Å². The van der Waals surface area contributed by atoms with Crippen molar-refractivity contribution in [3.8, 4) is 0 Å². The standard InChI is InChI=1S/C55H103N2O7P/c1-7-10-13-16-19-22-25-28-30-32-35-38-41-44-47-54(58)56-52(51-63-65(60,61)62-50-49-57(4,5)6)53(46-43-40-37-34-31-27-24-21-18-15-12-9-3)64-55(59)48-45-42-39-36-33-29-26-23-20-17-14-11-8-2/h10,13,19,22,28,30,43,46,52-53H,7-9,11-12,14-18,20-21,23-27,29,31-42,44-45,47-51H2,1-6H3,(H-,56,58,60,61)/p+1/b13-10+,22-19+,30-28+,46-43+. The van der Waals surface area contributed by atoms with Crippen molar-refractivity contribution in [2.75, 3.05) is 40.9 Å². The van der Waals surface area contributed by atoms with Gasteiger partial charge in [-0.1, -0.05) is 211 Å². The van der Waals surface area contributed by atoms with Gasteiger partial charge in [0.05, 0.1) is 33.8 Å². The van der Waals surface area contributed by atoms with E-state index in [1.807, 2.05) is 33.3 Å². The molecule has 0 saturated heterocycles. The zero-order valence-corrected chi connectivity index (χ0v) is 44.1. The van der Waals surface area contributed by atoms with E-state index in [0.29, 0.717) is 17.4 Å². The van der Waals surface area contributed by atoms with Crippen molar-refractivity contribution in [1.29, 1.82) is 0 Å². The number of carbonyl (C=O) groups is 2. The Morgan fingerprint density at radius 3 is 1.48 bits per heavy atom. The van der Waals surface area contributed by atoms with Crippen LogP contribution in [-0.2, 0) is 27.9 Å². The largest absolute Gasteiger partial charge is 0.472 e. The summed E-state index contributed by atoms with van der Waals surface area (Å²) < 4.78 is 30.5. The maximum atomic E-state index is 13.4. The number of hydrogen-bond donors (Lipinski definition) is 2. The minimum Gasteiger partial charge on any atom is -0.456 e. The first-order valence-electron chi connectivity index (χ1n) is 27.0. The highest BCUT2D eigenvalue weighted by Gasteiger charge is 2.30. The van der Waals surface area contributed by atoms with Crippen LogP contribution in [0.5, 0.6) is 0 Å². The molecule has 2 N–H and O–H groups in total. The molecule has 0 aromatic heterocycles. The summed E-state index contributed by atoms with van der Waals surface area (Å²) in [4.78, 5) is 37.4. The first-order chi connectivity index (χ1) is 31.4. The van der Waals surface area contributed by atoms with Crippen molar-refractivity contribution in [2.24, 2.45) is 0 Å². The molecule has 0 aliphatic heterocycles. The number of quaternary nitrogens is 1. The average Bonchev–Trinajstić information content (AvgIpc) is 3.26. The lowest BCUT2D eigenvalue weighted by atomic mass is 10.0. The maximum Gasteiger partial charge on any atom is 0.472 e. The smallest absolute Gasteiger partial charge is 0.456 e. The Morgan fingerprint density at radius 1 is 0.554 bits per heavy atom. The molecule has 0 aliphatic carbocycles. The third kappa shape index (κ3) is 46.9. The highest BCUT2D eigenvalue weighted by Crippen LogP contribution is 2.43. The molecule has 0 rings (SSSR count). The predicted molar refractivity (Wildman–Crippen MR) is 277 cm³/mol. The Labute approximate surface area is 401 Å². The van der Waals surface area contributed by atoms with E-state index in [2.05, 4.69) is 62.5 Å². The van der Waals surface area contributed by atoms with Gasteiger partial charge in [-0.3, -0.25) is 18.6 Å². The van der Waals surface area contributed by atoms with Gasteiger partial charge >= 0.3 is 13.8 Å². The van der Waals surface area contributed by atoms with E-state index in [1.165, 1.54) is 116 Å². The van der Waals surface area contributed by atoms with Crippen molar-refractivity contribution in [2.45, 2.75) is 251 Å². The molecule has 0 aromatic carbocycles. The fourth-order valence-corrected chi connectivity index (χ4v) is 8.34. The molecule has 10 heteroatoms. The van der Waals surface area contributed by atoms with Gasteiger partial charge in [0.25, 0.3) is 0 Å². The summed E-state index contributed by atoms with van der Waals surface area (Å²) in [6.07, 6.45) is 53.9. The molecule has 0 saturated carbocycles. The fraction of sp³-hybridized carbons (Fsp3) is 0.818. The molecule has 380 valence electrons. The molecule has 0 spiro atoms. The van der Waals surface area contributed by atoms with Crippen molar-refractivity contribution in [3.63, 3.8) is 0 Å². The van der Waals surface area contributed by atoms with Crippen LogP contribution in [-0.4, -0.2) is 74.3 Å². The van der Waals surface area contributed by atoms with Crippen LogP contribution in [0.3, 0.4) is 0 Å². The number of nitrogens with zero attached hydrogens (tertiary/aromatic N) is 1. The molecule has 0 heterocycles. The highest BCUT2D eigenvalue weighted by molar-refractivity contribution is 7.47. The molecular weight excluding hydrogens is 832 g/mol. The maximum absolute atomic E-state index is 13.4. The van der Waals surface area contributed by atoms with Gasteiger partial charge in [0.15, 0.2) is 0 Å². The number of ether oxygens (including phenoxy) is 1. The van der Waals surface area contributed by atoms with Gasteiger partial charge in [0.1, 0.15) is 19.3 Å². The summed E-state index contributed by atoms with van der Waals surface area (Å²) in [5, 5.41) is 3.03. The lowest BCUT2D eigenvalue weighted by Gasteiger charge is -2.27. The normalized spacial score (nSPS) is 14.3. The number of amides is 1. The molecule has 0 fully saturated rings. The summed E-state index contributed by atoms with van der Waals surface area (Å²) in [6.45, 7) is 6.87. The van der Waals surface area contributed by atoms with Crippen LogP contribution < -0.4 is 5.32 Å². The van der Waals surface area contributed by atoms with Crippen LogP contribution in [0.4, 0.5) is 0 Å². The second kappa shape index (κ2) is 45.7.